The number of nitrogens with one attached hydrogen (secondary N) is 1. The van der Waals surface area contributed by atoms with Crippen molar-refractivity contribution in [2.75, 3.05) is 20.1 Å². The SMILES string of the molecule is CCNC(=NCCn1cc(C)cn1)N(C)Cc1csc(C)n1.I. The number of thiazole rings is 1. The maximum absolute atomic E-state index is 4.67. The van der Waals surface area contributed by atoms with E-state index in [9.17, 15) is 0 Å². The average Bonchev–Trinajstić information content (AvgIpc) is 3.06. The smallest absolute Gasteiger partial charge is 0.194 e. The molecule has 0 aromatic carbocycles. The Kier molecular flexibility index (Phi) is 8.53. The van der Waals surface area contributed by atoms with Crippen LogP contribution >= 0.6 is 35.3 Å². The monoisotopic (exact) mass is 448 g/mol. The number of hydrogen-bond donors (Lipinski definition) is 1. The molecule has 1 N–H and O–H groups in total. The molecule has 2 rings (SSSR count). The van der Waals surface area contributed by atoms with Gasteiger partial charge in [0.1, 0.15) is 0 Å². The standard InChI is InChI=1S/C15H24N6S.HI/c1-5-16-15(17-6-7-21-9-12(2)8-18-21)20(4)10-14-11-22-13(3)19-14;/h8-9,11H,5-7,10H2,1-4H3,(H,16,17);1H. The summed E-state index contributed by atoms with van der Waals surface area (Å²) in [6.45, 7) is 9.24. The van der Waals surface area contributed by atoms with Crippen molar-refractivity contribution in [1.29, 1.82) is 0 Å². The Morgan fingerprint density at radius 1 is 1.43 bits per heavy atom. The van der Waals surface area contributed by atoms with Crippen molar-refractivity contribution < 1.29 is 0 Å². The molecule has 0 aliphatic carbocycles. The van der Waals surface area contributed by atoms with Gasteiger partial charge >= 0.3 is 0 Å². The normalized spacial score (nSPS) is 11.2. The summed E-state index contributed by atoms with van der Waals surface area (Å²) in [6.07, 6.45) is 3.90. The zero-order valence-electron chi connectivity index (χ0n) is 14.1. The number of rotatable bonds is 6. The van der Waals surface area contributed by atoms with Crippen LogP contribution in [-0.2, 0) is 13.1 Å². The Morgan fingerprint density at radius 2 is 2.22 bits per heavy atom. The second-order valence-corrected chi connectivity index (χ2v) is 6.29. The van der Waals surface area contributed by atoms with Crippen LogP contribution in [0.1, 0.15) is 23.2 Å². The van der Waals surface area contributed by atoms with Crippen LogP contribution in [0.5, 0.6) is 0 Å². The number of halogens is 1. The summed E-state index contributed by atoms with van der Waals surface area (Å²) >= 11 is 1.68. The third-order valence-corrected chi connectivity index (χ3v) is 3.94. The molecule has 0 radical (unpaired) electrons. The van der Waals surface area contributed by atoms with Crippen molar-refractivity contribution in [3.05, 3.63) is 34.0 Å². The molecule has 0 atom stereocenters. The summed E-state index contributed by atoms with van der Waals surface area (Å²) < 4.78 is 1.92. The summed E-state index contributed by atoms with van der Waals surface area (Å²) in [5, 5.41) is 10.8. The minimum atomic E-state index is 0. The van der Waals surface area contributed by atoms with Crippen LogP contribution in [0, 0.1) is 13.8 Å². The second kappa shape index (κ2) is 9.86. The number of hydrogen-bond acceptors (Lipinski definition) is 4. The van der Waals surface area contributed by atoms with E-state index in [0.717, 1.165) is 36.3 Å². The number of aliphatic imine (C=N–C) groups is 1. The minimum absolute atomic E-state index is 0. The zero-order chi connectivity index (χ0) is 15.9. The molecular weight excluding hydrogens is 423 g/mol. The summed E-state index contributed by atoms with van der Waals surface area (Å²) in [6, 6.07) is 0. The van der Waals surface area contributed by atoms with Gasteiger partial charge in [-0.3, -0.25) is 9.67 Å². The highest BCUT2D eigenvalue weighted by atomic mass is 127. The van der Waals surface area contributed by atoms with Crippen molar-refractivity contribution in [2.24, 2.45) is 4.99 Å². The van der Waals surface area contributed by atoms with Crippen LogP contribution in [0.4, 0.5) is 0 Å². The van der Waals surface area contributed by atoms with E-state index in [4.69, 9.17) is 0 Å². The fraction of sp³-hybridized carbons (Fsp3) is 0.533. The Morgan fingerprint density at radius 3 is 2.78 bits per heavy atom. The van der Waals surface area contributed by atoms with Crippen molar-refractivity contribution in [1.82, 2.24) is 25.0 Å². The van der Waals surface area contributed by atoms with E-state index < -0.39 is 0 Å². The summed E-state index contributed by atoms with van der Waals surface area (Å²) in [5.74, 6) is 0.900. The Hall–Kier alpha value is -1.16. The first-order chi connectivity index (χ1) is 10.6. The Labute approximate surface area is 159 Å². The first kappa shape index (κ1) is 19.9. The zero-order valence-corrected chi connectivity index (χ0v) is 17.3. The number of guanidine groups is 1. The molecule has 8 heteroatoms. The minimum Gasteiger partial charge on any atom is -0.357 e. The van der Waals surface area contributed by atoms with Gasteiger partial charge in [-0.1, -0.05) is 0 Å². The fourth-order valence-corrected chi connectivity index (χ4v) is 2.72. The van der Waals surface area contributed by atoms with Crippen molar-refractivity contribution in [3.8, 4) is 0 Å². The van der Waals surface area contributed by atoms with Gasteiger partial charge in [-0.05, 0) is 26.3 Å². The topological polar surface area (TPSA) is 58.3 Å². The van der Waals surface area contributed by atoms with Gasteiger partial charge in [0, 0.05) is 25.2 Å². The van der Waals surface area contributed by atoms with Gasteiger partial charge in [-0.25, -0.2) is 4.98 Å². The van der Waals surface area contributed by atoms with Gasteiger partial charge < -0.3 is 10.2 Å². The lowest BCUT2D eigenvalue weighted by atomic mass is 10.4. The fourth-order valence-electron chi connectivity index (χ4n) is 2.12. The maximum atomic E-state index is 4.67. The molecule has 0 saturated carbocycles. The van der Waals surface area contributed by atoms with Gasteiger partial charge in [-0.2, -0.15) is 5.10 Å². The molecule has 0 amide bonds. The molecule has 0 fully saturated rings. The number of nitrogens with zero attached hydrogens (tertiary/aromatic N) is 5. The molecule has 6 nitrogen and oxygen atoms in total. The lowest BCUT2D eigenvalue weighted by molar-refractivity contribution is 0.469. The molecule has 0 aliphatic heterocycles. The molecule has 23 heavy (non-hydrogen) atoms. The van der Waals surface area contributed by atoms with Crippen molar-refractivity contribution in [3.63, 3.8) is 0 Å². The van der Waals surface area contributed by atoms with Gasteiger partial charge in [0.15, 0.2) is 5.96 Å². The van der Waals surface area contributed by atoms with Crippen molar-refractivity contribution >= 4 is 41.3 Å². The molecule has 2 heterocycles. The molecule has 128 valence electrons. The van der Waals surface area contributed by atoms with Crippen LogP contribution in [0.25, 0.3) is 0 Å². The molecule has 0 aliphatic rings. The molecule has 0 unspecified atom stereocenters. The van der Waals surface area contributed by atoms with Crippen molar-refractivity contribution in [2.45, 2.75) is 33.9 Å². The van der Waals surface area contributed by atoms with E-state index in [-0.39, 0.29) is 24.0 Å². The van der Waals surface area contributed by atoms with E-state index in [1.165, 1.54) is 5.56 Å². The predicted octanol–water partition coefficient (Wildman–Crippen LogP) is 2.67. The lowest BCUT2D eigenvalue weighted by Crippen LogP contribution is -2.38. The van der Waals surface area contributed by atoms with E-state index in [1.807, 2.05) is 38.0 Å². The van der Waals surface area contributed by atoms with E-state index in [2.05, 4.69) is 37.6 Å². The highest BCUT2D eigenvalue weighted by Gasteiger charge is 2.08. The number of aromatic nitrogens is 3. The summed E-state index contributed by atoms with van der Waals surface area (Å²) in [5.41, 5.74) is 2.25. The molecule has 0 saturated heterocycles. The van der Waals surface area contributed by atoms with Gasteiger partial charge in [-0.15, -0.1) is 35.3 Å². The largest absolute Gasteiger partial charge is 0.357 e. The van der Waals surface area contributed by atoms with Crippen LogP contribution in [-0.4, -0.2) is 45.8 Å². The summed E-state index contributed by atoms with van der Waals surface area (Å²) in [4.78, 5) is 11.3. The van der Waals surface area contributed by atoms with Crippen LogP contribution in [0.3, 0.4) is 0 Å². The van der Waals surface area contributed by atoms with E-state index in [1.54, 1.807) is 11.3 Å². The average molecular weight is 448 g/mol. The van der Waals surface area contributed by atoms with Gasteiger partial charge in [0.05, 0.1) is 36.5 Å². The van der Waals surface area contributed by atoms with E-state index >= 15 is 0 Å². The van der Waals surface area contributed by atoms with Crippen LogP contribution in [0.15, 0.2) is 22.8 Å². The third-order valence-electron chi connectivity index (χ3n) is 3.12. The molecule has 0 bridgehead atoms. The maximum Gasteiger partial charge on any atom is 0.194 e. The van der Waals surface area contributed by atoms with E-state index in [0.29, 0.717) is 6.54 Å². The lowest BCUT2D eigenvalue weighted by Gasteiger charge is -2.21. The molecule has 2 aromatic heterocycles. The third kappa shape index (κ3) is 6.46. The van der Waals surface area contributed by atoms with Gasteiger partial charge in [0.25, 0.3) is 0 Å². The van der Waals surface area contributed by atoms with Gasteiger partial charge in [0.2, 0.25) is 0 Å². The summed E-state index contributed by atoms with van der Waals surface area (Å²) in [7, 11) is 2.04. The quantitative estimate of drug-likeness (QED) is 0.420. The predicted molar refractivity (Wildman–Crippen MR) is 107 cm³/mol. The Bertz CT molecular complexity index is 621. The van der Waals surface area contributed by atoms with Crippen LogP contribution in [0.2, 0.25) is 0 Å². The molecular formula is C15H25IN6S. The first-order valence-corrected chi connectivity index (χ1v) is 8.36. The first-order valence-electron chi connectivity index (χ1n) is 7.48. The number of aryl methyl sites for hydroxylation is 2. The Balaban J connectivity index is 0.00000264. The highest BCUT2D eigenvalue weighted by molar-refractivity contribution is 14.0. The van der Waals surface area contributed by atoms with Crippen LogP contribution < -0.4 is 5.32 Å². The molecule has 2 aromatic rings. The molecule has 0 spiro atoms. The second-order valence-electron chi connectivity index (χ2n) is 5.23. The highest BCUT2D eigenvalue weighted by Crippen LogP contribution is 2.09.